The summed E-state index contributed by atoms with van der Waals surface area (Å²) in [6, 6.07) is 8.96. The molecule has 0 aliphatic rings. The summed E-state index contributed by atoms with van der Waals surface area (Å²) < 4.78 is 5.80. The van der Waals surface area contributed by atoms with Crippen LogP contribution < -0.4 is 10.1 Å². The lowest BCUT2D eigenvalue weighted by Gasteiger charge is -2.28. The second-order valence-electron chi connectivity index (χ2n) is 6.98. The first-order chi connectivity index (χ1) is 12.7. The maximum absolute atomic E-state index is 10.8. The average molecular weight is 389 g/mol. The molecule has 7 nitrogen and oxygen atoms in total. The molecule has 0 radical (unpaired) electrons. The van der Waals surface area contributed by atoms with Crippen molar-refractivity contribution in [2.45, 2.75) is 32.7 Å². The fourth-order valence-corrected chi connectivity index (χ4v) is 3.04. The number of benzene rings is 1. The molecule has 1 amide bonds. The van der Waals surface area contributed by atoms with Crippen LogP contribution in [0.25, 0.3) is 11.3 Å². The highest BCUT2D eigenvalue weighted by Crippen LogP contribution is 2.27. The molecule has 0 fully saturated rings. The van der Waals surface area contributed by atoms with Gasteiger partial charge in [-0.3, -0.25) is 0 Å². The number of carboxylic acid groups (broad SMARTS) is 1. The van der Waals surface area contributed by atoms with Crippen molar-refractivity contribution in [1.29, 1.82) is 5.26 Å². The maximum Gasteiger partial charge on any atom is 0.405 e. The molecule has 0 saturated heterocycles. The van der Waals surface area contributed by atoms with E-state index in [0.717, 1.165) is 5.56 Å². The summed E-state index contributed by atoms with van der Waals surface area (Å²) in [7, 11) is 0. The zero-order chi connectivity index (χ0) is 20.0. The molecule has 27 heavy (non-hydrogen) atoms. The number of halogens is 1. The van der Waals surface area contributed by atoms with Gasteiger partial charge in [-0.1, -0.05) is 18.5 Å². The maximum atomic E-state index is 10.8. The van der Waals surface area contributed by atoms with Crippen molar-refractivity contribution in [3.05, 3.63) is 41.3 Å². The van der Waals surface area contributed by atoms with Crippen molar-refractivity contribution in [2.24, 2.45) is 5.92 Å². The quantitative estimate of drug-likeness (QED) is 0.690. The van der Waals surface area contributed by atoms with E-state index >= 15 is 0 Å². The fourth-order valence-electron chi connectivity index (χ4n) is 2.90. The first-order valence-electron chi connectivity index (χ1n) is 8.36. The van der Waals surface area contributed by atoms with Gasteiger partial charge >= 0.3 is 6.09 Å². The van der Waals surface area contributed by atoms with E-state index in [9.17, 15) is 10.1 Å². The van der Waals surface area contributed by atoms with Crippen LogP contribution >= 0.6 is 11.6 Å². The Bertz CT molecular complexity index is 864. The van der Waals surface area contributed by atoms with E-state index in [4.69, 9.17) is 21.4 Å². The minimum Gasteiger partial charge on any atom is -0.492 e. The Morgan fingerprint density at radius 2 is 2.15 bits per heavy atom. The molecule has 0 unspecified atom stereocenters. The zero-order valence-corrected chi connectivity index (χ0v) is 16.1. The normalized spacial score (nSPS) is 12.1. The van der Waals surface area contributed by atoms with Crippen molar-refractivity contribution in [3.8, 4) is 23.1 Å². The summed E-state index contributed by atoms with van der Waals surface area (Å²) in [5, 5.41) is 21.1. The number of nitriles is 1. The third kappa shape index (κ3) is 6.12. The van der Waals surface area contributed by atoms with Crippen LogP contribution in [-0.4, -0.2) is 33.3 Å². The van der Waals surface area contributed by atoms with Gasteiger partial charge in [0.2, 0.25) is 0 Å². The van der Waals surface area contributed by atoms with Gasteiger partial charge in [0.05, 0.1) is 17.9 Å². The predicted octanol–water partition coefficient (Wildman–Crippen LogP) is 4.12. The van der Waals surface area contributed by atoms with Gasteiger partial charge < -0.3 is 15.2 Å². The number of amides is 1. The van der Waals surface area contributed by atoms with Gasteiger partial charge in [0.25, 0.3) is 0 Å². The molecular formula is C19H21ClN4O3. The lowest BCUT2D eigenvalue weighted by atomic mass is 9.92. The first kappa shape index (κ1) is 20.5. The largest absolute Gasteiger partial charge is 0.492 e. The number of hydrogen-bond donors (Lipinski definition) is 2. The lowest BCUT2D eigenvalue weighted by Crippen LogP contribution is -2.44. The zero-order valence-electron chi connectivity index (χ0n) is 15.4. The SMILES string of the molecule is C[C@H](COc1ccc(-c2cc(Cl)ncn2)cc1C#N)CC(C)(C)NC(=O)O. The third-order valence-electron chi connectivity index (χ3n) is 3.86. The second-order valence-corrected chi connectivity index (χ2v) is 7.37. The Hall–Kier alpha value is -2.85. The molecule has 1 atom stereocenters. The van der Waals surface area contributed by atoms with Crippen LogP contribution in [0.5, 0.6) is 5.75 Å². The molecule has 1 heterocycles. The number of carbonyl (C=O) groups is 1. The van der Waals surface area contributed by atoms with E-state index in [-0.39, 0.29) is 5.92 Å². The van der Waals surface area contributed by atoms with Gasteiger partial charge in [-0.2, -0.15) is 5.26 Å². The summed E-state index contributed by atoms with van der Waals surface area (Å²) in [5.41, 5.74) is 1.18. The molecule has 0 bridgehead atoms. The fraction of sp³-hybridized carbons (Fsp3) is 0.368. The standard InChI is InChI=1S/C19H21ClN4O3/c1-12(8-19(2,3)24-18(25)26)10-27-16-5-4-13(6-14(16)9-21)15-7-17(20)23-11-22-15/h4-7,11-12,24H,8,10H2,1-3H3,(H,25,26)/t12-/m0/s1. The summed E-state index contributed by atoms with van der Waals surface area (Å²) >= 11 is 5.89. The number of nitrogens with zero attached hydrogens (tertiary/aromatic N) is 3. The monoisotopic (exact) mass is 388 g/mol. The number of ether oxygens (including phenoxy) is 1. The van der Waals surface area contributed by atoms with Crippen LogP contribution in [0.4, 0.5) is 4.79 Å². The summed E-state index contributed by atoms with van der Waals surface area (Å²) in [6.07, 6.45) is 0.904. The smallest absolute Gasteiger partial charge is 0.405 e. The minimum atomic E-state index is -1.06. The molecular weight excluding hydrogens is 368 g/mol. The van der Waals surface area contributed by atoms with Crippen LogP contribution in [0.1, 0.15) is 32.8 Å². The molecule has 2 N–H and O–H groups in total. The van der Waals surface area contributed by atoms with Crippen LogP contribution in [-0.2, 0) is 0 Å². The highest BCUT2D eigenvalue weighted by molar-refractivity contribution is 6.29. The molecule has 2 rings (SSSR count). The second kappa shape index (κ2) is 8.69. The summed E-state index contributed by atoms with van der Waals surface area (Å²) in [6.45, 7) is 5.96. The van der Waals surface area contributed by atoms with E-state index in [1.54, 1.807) is 24.3 Å². The highest BCUT2D eigenvalue weighted by Gasteiger charge is 2.23. The summed E-state index contributed by atoms with van der Waals surface area (Å²) in [5.74, 6) is 0.552. The lowest BCUT2D eigenvalue weighted by molar-refractivity contribution is 0.169. The van der Waals surface area contributed by atoms with Crippen molar-refractivity contribution >= 4 is 17.7 Å². The van der Waals surface area contributed by atoms with E-state index in [1.807, 2.05) is 20.8 Å². The van der Waals surface area contributed by atoms with Crippen molar-refractivity contribution < 1.29 is 14.6 Å². The van der Waals surface area contributed by atoms with E-state index in [2.05, 4.69) is 21.4 Å². The van der Waals surface area contributed by atoms with Crippen LogP contribution in [0.3, 0.4) is 0 Å². The Kier molecular flexibility index (Phi) is 6.59. The Balaban J connectivity index is 2.07. The Morgan fingerprint density at radius 3 is 2.78 bits per heavy atom. The molecule has 0 aliphatic heterocycles. The van der Waals surface area contributed by atoms with Gasteiger partial charge in [-0.15, -0.1) is 0 Å². The van der Waals surface area contributed by atoms with Crippen molar-refractivity contribution in [3.63, 3.8) is 0 Å². The molecule has 8 heteroatoms. The number of hydrogen-bond acceptors (Lipinski definition) is 5. The van der Waals surface area contributed by atoms with Gasteiger partial charge in [-0.25, -0.2) is 14.8 Å². The van der Waals surface area contributed by atoms with Crippen molar-refractivity contribution in [1.82, 2.24) is 15.3 Å². The van der Waals surface area contributed by atoms with E-state index < -0.39 is 11.6 Å². The minimum absolute atomic E-state index is 0.0822. The molecule has 0 saturated carbocycles. The Morgan fingerprint density at radius 1 is 1.41 bits per heavy atom. The van der Waals surface area contributed by atoms with Crippen LogP contribution in [0.15, 0.2) is 30.6 Å². The average Bonchev–Trinajstić information content (AvgIpc) is 2.58. The van der Waals surface area contributed by atoms with Gasteiger partial charge in [0.15, 0.2) is 0 Å². The molecule has 0 spiro atoms. The first-order valence-corrected chi connectivity index (χ1v) is 8.74. The van der Waals surface area contributed by atoms with Gasteiger partial charge in [-0.05, 0) is 44.4 Å². The topological polar surface area (TPSA) is 108 Å². The van der Waals surface area contributed by atoms with Gasteiger partial charge in [0.1, 0.15) is 23.3 Å². The van der Waals surface area contributed by atoms with Crippen molar-refractivity contribution in [2.75, 3.05) is 6.61 Å². The van der Waals surface area contributed by atoms with Crippen LogP contribution in [0.2, 0.25) is 5.15 Å². The highest BCUT2D eigenvalue weighted by atomic mass is 35.5. The third-order valence-corrected chi connectivity index (χ3v) is 4.06. The van der Waals surface area contributed by atoms with E-state index in [0.29, 0.717) is 35.2 Å². The predicted molar refractivity (Wildman–Crippen MR) is 102 cm³/mol. The van der Waals surface area contributed by atoms with E-state index in [1.165, 1.54) is 6.33 Å². The number of rotatable bonds is 7. The molecule has 0 aliphatic carbocycles. The van der Waals surface area contributed by atoms with Crippen LogP contribution in [0, 0.1) is 17.2 Å². The summed E-state index contributed by atoms with van der Waals surface area (Å²) in [4.78, 5) is 18.8. The van der Waals surface area contributed by atoms with Gasteiger partial charge in [0, 0.05) is 17.2 Å². The number of aromatic nitrogens is 2. The molecule has 1 aromatic carbocycles. The Labute approximate surface area is 163 Å². The molecule has 142 valence electrons. The molecule has 1 aromatic heterocycles. The molecule has 2 aromatic rings. The number of nitrogens with one attached hydrogen (secondary N) is 1.